The SMILES string of the molecule is CC(=NOc1ccc(Cl)c(Cl)c1)c1cc(Cl)ccc1C(F)(F)F. The lowest BCUT2D eigenvalue weighted by Crippen LogP contribution is -2.12. The lowest BCUT2D eigenvalue weighted by Gasteiger charge is -2.12. The molecule has 0 N–H and O–H groups in total. The molecule has 0 amide bonds. The van der Waals surface area contributed by atoms with E-state index < -0.39 is 11.7 Å². The summed E-state index contributed by atoms with van der Waals surface area (Å²) in [4.78, 5) is 5.10. The van der Waals surface area contributed by atoms with Crippen molar-refractivity contribution in [1.82, 2.24) is 0 Å². The van der Waals surface area contributed by atoms with Gasteiger partial charge in [-0.05, 0) is 37.3 Å². The van der Waals surface area contributed by atoms with E-state index in [0.29, 0.717) is 5.02 Å². The third-order valence-electron chi connectivity index (χ3n) is 2.86. The molecule has 0 aliphatic carbocycles. The first-order valence-corrected chi connectivity index (χ1v) is 7.35. The molecule has 8 heteroatoms. The molecule has 0 heterocycles. The van der Waals surface area contributed by atoms with E-state index in [1.807, 2.05) is 0 Å². The first kappa shape index (κ1) is 17.9. The molecule has 0 atom stereocenters. The Kier molecular flexibility index (Phi) is 5.45. The molecule has 0 bridgehead atoms. The zero-order valence-corrected chi connectivity index (χ0v) is 13.9. The summed E-state index contributed by atoms with van der Waals surface area (Å²) >= 11 is 17.4. The number of benzene rings is 2. The summed E-state index contributed by atoms with van der Waals surface area (Å²) < 4.78 is 39.1. The minimum atomic E-state index is -4.53. The quantitative estimate of drug-likeness (QED) is 0.440. The van der Waals surface area contributed by atoms with Crippen LogP contribution in [0.3, 0.4) is 0 Å². The standard InChI is InChI=1S/C15H9Cl3F3NO/c1-8(22-23-10-3-5-13(17)14(18)7-10)11-6-9(16)2-4-12(11)15(19,20)21/h2-7H,1H3. The maximum atomic E-state index is 13.0. The molecule has 23 heavy (non-hydrogen) atoms. The Balaban J connectivity index is 2.34. The fourth-order valence-electron chi connectivity index (χ4n) is 1.77. The topological polar surface area (TPSA) is 21.6 Å². The molecule has 0 aliphatic rings. The molecular formula is C15H9Cl3F3NO. The summed E-state index contributed by atoms with van der Waals surface area (Å²) in [6.45, 7) is 1.39. The Morgan fingerprint density at radius 1 is 1.00 bits per heavy atom. The van der Waals surface area contributed by atoms with Gasteiger partial charge in [-0.25, -0.2) is 0 Å². The molecule has 2 rings (SSSR count). The molecule has 2 nitrogen and oxygen atoms in total. The lowest BCUT2D eigenvalue weighted by molar-refractivity contribution is -0.137. The van der Waals surface area contributed by atoms with Gasteiger partial charge < -0.3 is 4.84 Å². The molecule has 0 unspecified atom stereocenters. The van der Waals surface area contributed by atoms with Crippen LogP contribution < -0.4 is 4.84 Å². The first-order chi connectivity index (χ1) is 10.7. The predicted octanol–water partition coefficient (Wildman–Crippen LogP) is 6.47. The highest BCUT2D eigenvalue weighted by molar-refractivity contribution is 6.42. The van der Waals surface area contributed by atoms with Gasteiger partial charge >= 0.3 is 6.18 Å². The first-order valence-electron chi connectivity index (χ1n) is 6.22. The van der Waals surface area contributed by atoms with Crippen molar-refractivity contribution in [2.45, 2.75) is 13.1 Å². The van der Waals surface area contributed by atoms with Crippen LogP contribution in [-0.4, -0.2) is 5.71 Å². The second-order valence-corrected chi connectivity index (χ2v) is 5.78. The van der Waals surface area contributed by atoms with Crippen molar-refractivity contribution in [3.8, 4) is 5.75 Å². The second kappa shape index (κ2) is 6.99. The van der Waals surface area contributed by atoms with Gasteiger partial charge in [-0.1, -0.05) is 40.0 Å². The van der Waals surface area contributed by atoms with Crippen LogP contribution in [0.15, 0.2) is 41.6 Å². The van der Waals surface area contributed by atoms with Gasteiger partial charge in [0.05, 0.1) is 21.3 Å². The van der Waals surface area contributed by atoms with E-state index in [4.69, 9.17) is 39.6 Å². The maximum absolute atomic E-state index is 13.0. The Hall–Kier alpha value is -1.43. The Morgan fingerprint density at radius 3 is 2.30 bits per heavy atom. The highest BCUT2D eigenvalue weighted by Crippen LogP contribution is 2.34. The molecular weight excluding hydrogens is 374 g/mol. The lowest BCUT2D eigenvalue weighted by atomic mass is 10.0. The highest BCUT2D eigenvalue weighted by Gasteiger charge is 2.34. The smallest absolute Gasteiger partial charge is 0.357 e. The Labute approximate surface area is 145 Å². The van der Waals surface area contributed by atoms with Gasteiger partial charge in [0.25, 0.3) is 0 Å². The van der Waals surface area contributed by atoms with Crippen molar-refractivity contribution in [1.29, 1.82) is 0 Å². The summed E-state index contributed by atoms with van der Waals surface area (Å²) in [7, 11) is 0. The number of hydrogen-bond acceptors (Lipinski definition) is 2. The number of rotatable bonds is 3. The molecule has 2 aromatic rings. The van der Waals surface area contributed by atoms with Crippen molar-refractivity contribution >= 4 is 40.5 Å². The third-order valence-corrected chi connectivity index (χ3v) is 3.83. The highest BCUT2D eigenvalue weighted by atomic mass is 35.5. The molecule has 0 saturated heterocycles. The molecule has 2 aromatic carbocycles. The van der Waals surface area contributed by atoms with Crippen molar-refractivity contribution in [3.63, 3.8) is 0 Å². The van der Waals surface area contributed by atoms with E-state index in [0.717, 1.165) is 6.07 Å². The fraction of sp³-hybridized carbons (Fsp3) is 0.133. The van der Waals surface area contributed by atoms with Gasteiger partial charge in [-0.15, -0.1) is 0 Å². The van der Waals surface area contributed by atoms with Gasteiger partial charge in [-0.3, -0.25) is 0 Å². The van der Waals surface area contributed by atoms with E-state index in [9.17, 15) is 13.2 Å². The number of alkyl halides is 3. The van der Waals surface area contributed by atoms with Gasteiger partial charge in [0.15, 0.2) is 5.75 Å². The van der Waals surface area contributed by atoms with Crippen molar-refractivity contribution in [3.05, 3.63) is 62.6 Å². The minimum absolute atomic E-state index is 0.0193. The molecule has 0 aromatic heterocycles. The van der Waals surface area contributed by atoms with Crippen LogP contribution in [0.25, 0.3) is 0 Å². The number of nitrogens with zero attached hydrogens (tertiary/aromatic N) is 1. The van der Waals surface area contributed by atoms with Gasteiger partial charge in [0.1, 0.15) is 0 Å². The van der Waals surface area contributed by atoms with Crippen LogP contribution >= 0.6 is 34.8 Å². The average Bonchev–Trinajstić information content (AvgIpc) is 2.46. The molecule has 0 fully saturated rings. The van der Waals surface area contributed by atoms with Crippen LogP contribution in [0.4, 0.5) is 13.2 Å². The van der Waals surface area contributed by atoms with Gasteiger partial charge in [0, 0.05) is 16.7 Å². The second-order valence-electron chi connectivity index (χ2n) is 4.53. The van der Waals surface area contributed by atoms with E-state index in [1.165, 1.54) is 37.3 Å². The van der Waals surface area contributed by atoms with Crippen LogP contribution in [0.5, 0.6) is 5.75 Å². The van der Waals surface area contributed by atoms with E-state index in [1.54, 1.807) is 0 Å². The summed E-state index contributed by atoms with van der Waals surface area (Å²) in [5, 5.41) is 4.44. The third kappa shape index (κ3) is 4.53. The van der Waals surface area contributed by atoms with Crippen LogP contribution in [0.2, 0.25) is 15.1 Å². The number of oxime groups is 1. The maximum Gasteiger partial charge on any atom is 0.417 e. The molecule has 0 radical (unpaired) electrons. The van der Waals surface area contributed by atoms with Gasteiger partial charge in [-0.2, -0.15) is 13.2 Å². The molecule has 0 saturated carbocycles. The van der Waals surface area contributed by atoms with Crippen LogP contribution in [-0.2, 0) is 6.18 Å². The molecule has 0 aliphatic heterocycles. The predicted molar refractivity (Wildman–Crippen MR) is 85.8 cm³/mol. The zero-order chi connectivity index (χ0) is 17.2. The van der Waals surface area contributed by atoms with Gasteiger partial charge in [0.2, 0.25) is 0 Å². The fourth-order valence-corrected chi connectivity index (χ4v) is 2.23. The van der Waals surface area contributed by atoms with E-state index in [2.05, 4.69) is 5.16 Å². The van der Waals surface area contributed by atoms with E-state index >= 15 is 0 Å². The van der Waals surface area contributed by atoms with Crippen molar-refractivity contribution < 1.29 is 18.0 Å². The van der Waals surface area contributed by atoms with E-state index in [-0.39, 0.29) is 27.1 Å². The normalized spacial score (nSPS) is 12.4. The van der Waals surface area contributed by atoms with Crippen molar-refractivity contribution in [2.75, 3.05) is 0 Å². The Morgan fingerprint density at radius 2 is 1.70 bits per heavy atom. The number of hydrogen-bond donors (Lipinski definition) is 0. The Bertz CT molecular complexity index is 760. The summed E-state index contributed by atoms with van der Waals surface area (Å²) in [6.07, 6.45) is -4.53. The monoisotopic (exact) mass is 381 g/mol. The molecule has 0 spiro atoms. The van der Waals surface area contributed by atoms with Crippen LogP contribution in [0, 0.1) is 0 Å². The summed E-state index contributed by atoms with van der Waals surface area (Å²) in [6, 6.07) is 7.64. The zero-order valence-electron chi connectivity index (χ0n) is 11.6. The minimum Gasteiger partial charge on any atom is -0.357 e. The summed E-state index contributed by atoms with van der Waals surface area (Å²) in [5.74, 6) is 0.245. The van der Waals surface area contributed by atoms with Crippen LogP contribution in [0.1, 0.15) is 18.1 Å². The largest absolute Gasteiger partial charge is 0.417 e. The van der Waals surface area contributed by atoms with Crippen molar-refractivity contribution in [2.24, 2.45) is 5.16 Å². The summed E-state index contributed by atoms with van der Waals surface area (Å²) in [5.41, 5.74) is -0.989. The average molecular weight is 383 g/mol. The molecule has 122 valence electrons. The number of halogens is 6.